The zero-order chi connectivity index (χ0) is 30.0. The van der Waals surface area contributed by atoms with Crippen molar-refractivity contribution in [2.24, 2.45) is 0 Å². The number of fused-ring (bicyclic) bond motifs is 9. The molecule has 9 rings (SSSR count). The van der Waals surface area contributed by atoms with Crippen LogP contribution in [0.15, 0.2) is 164 Å². The number of imidazole rings is 1. The molecule has 0 unspecified atom stereocenters. The van der Waals surface area contributed by atoms with Crippen LogP contribution in [0.25, 0.3) is 60.3 Å². The molecule has 2 nitrogen and oxygen atoms in total. The lowest BCUT2D eigenvalue weighted by Gasteiger charge is -2.24. The van der Waals surface area contributed by atoms with Gasteiger partial charge in [-0.2, -0.15) is 0 Å². The average molecular weight is 611 g/mol. The molecule has 0 atom stereocenters. The highest BCUT2D eigenvalue weighted by Gasteiger charge is 2.25. The van der Waals surface area contributed by atoms with Gasteiger partial charge >= 0.3 is 0 Å². The smallest absolute Gasteiger partial charge is 0.146 e. The number of pyridine rings is 1. The summed E-state index contributed by atoms with van der Waals surface area (Å²) in [6.45, 7) is 0. The normalized spacial score (nSPS) is 12.1. The molecular weight excluding hydrogens is 584 g/mol. The minimum atomic E-state index is -2.27. The summed E-state index contributed by atoms with van der Waals surface area (Å²) in [6, 6.07) is 56.4. The second kappa shape index (κ2) is 10.2. The van der Waals surface area contributed by atoms with Gasteiger partial charge in [-0.3, -0.25) is 4.40 Å². The van der Waals surface area contributed by atoms with Crippen molar-refractivity contribution in [1.29, 1.82) is 0 Å². The number of hydrogen-bond acceptors (Lipinski definition) is 2. The second-order valence-corrected chi connectivity index (χ2v) is 15.9. The van der Waals surface area contributed by atoms with E-state index in [-0.39, 0.29) is 0 Å². The Morgan fingerprint density at radius 2 is 1.13 bits per heavy atom. The molecule has 9 aromatic rings. The largest absolute Gasteiger partial charge is 0.291 e. The minimum absolute atomic E-state index is 0.987. The first kappa shape index (κ1) is 26.3. The Kier molecular flexibility index (Phi) is 5.99. The van der Waals surface area contributed by atoms with E-state index in [2.05, 4.69) is 168 Å². The Morgan fingerprint density at radius 3 is 1.91 bits per heavy atom. The number of rotatable bonds is 4. The van der Waals surface area contributed by atoms with Crippen molar-refractivity contribution in [3.05, 3.63) is 164 Å². The van der Waals surface area contributed by atoms with E-state index in [4.69, 9.17) is 16.8 Å². The summed E-state index contributed by atoms with van der Waals surface area (Å²) in [4.78, 5) is 5.13. The molecule has 45 heavy (non-hydrogen) atoms. The van der Waals surface area contributed by atoms with Gasteiger partial charge in [0.05, 0.1) is 16.6 Å². The summed E-state index contributed by atoms with van der Waals surface area (Å²) in [5.74, 6) is 0. The van der Waals surface area contributed by atoms with Crippen molar-refractivity contribution < 1.29 is 0 Å². The third kappa shape index (κ3) is 4.02. The van der Waals surface area contributed by atoms with E-state index < -0.39 is 6.04 Å². The molecule has 0 aliphatic heterocycles. The molecule has 0 aliphatic carbocycles. The lowest BCUT2D eigenvalue weighted by Crippen LogP contribution is -2.24. The lowest BCUT2D eigenvalue weighted by atomic mass is 9.96. The first-order valence-electron chi connectivity index (χ1n) is 15.2. The van der Waals surface area contributed by atoms with E-state index in [1.807, 2.05) is 0 Å². The first-order valence-corrected chi connectivity index (χ1v) is 18.0. The van der Waals surface area contributed by atoms with Crippen molar-refractivity contribution in [1.82, 2.24) is 9.38 Å². The zero-order valence-corrected chi connectivity index (χ0v) is 26.0. The van der Waals surface area contributed by atoms with Gasteiger partial charge in [0, 0.05) is 22.4 Å². The van der Waals surface area contributed by atoms with E-state index >= 15 is 0 Å². The molecule has 2 aromatic heterocycles. The highest BCUT2D eigenvalue weighted by molar-refractivity contribution is 8.25. The van der Waals surface area contributed by atoms with Gasteiger partial charge < -0.3 is 0 Å². The second-order valence-electron chi connectivity index (χ2n) is 11.5. The maximum atomic E-state index is 6.69. The van der Waals surface area contributed by atoms with Crippen LogP contribution in [0.4, 0.5) is 0 Å². The van der Waals surface area contributed by atoms with Crippen molar-refractivity contribution in [3.63, 3.8) is 0 Å². The highest BCUT2D eigenvalue weighted by Crippen LogP contribution is 2.44. The van der Waals surface area contributed by atoms with Crippen LogP contribution in [0.3, 0.4) is 0 Å². The van der Waals surface area contributed by atoms with E-state index in [1.54, 1.807) is 0 Å². The SMILES string of the molecule is S=P(c1ccccc1)(c1ccccc1)c1ccc2ccc(-c3cccc4c5ccccc5c5nc6ccccc6n5c34)cc2c1. The van der Waals surface area contributed by atoms with Crippen LogP contribution < -0.4 is 15.9 Å². The number of nitrogens with zero attached hydrogens (tertiary/aromatic N) is 2. The third-order valence-corrected chi connectivity index (χ3v) is 14.0. The van der Waals surface area contributed by atoms with Gasteiger partial charge in [0.1, 0.15) is 5.65 Å². The number of para-hydroxylation sites is 3. The quantitative estimate of drug-likeness (QED) is 0.146. The van der Waals surface area contributed by atoms with Gasteiger partial charge in [0.25, 0.3) is 0 Å². The maximum absolute atomic E-state index is 6.69. The first-order chi connectivity index (χ1) is 22.2. The topological polar surface area (TPSA) is 17.3 Å². The molecule has 0 saturated heterocycles. The van der Waals surface area contributed by atoms with Crippen molar-refractivity contribution in [2.45, 2.75) is 0 Å². The molecule has 0 radical (unpaired) electrons. The molecule has 212 valence electrons. The Balaban J connectivity index is 1.32. The molecule has 2 heterocycles. The molecule has 0 bridgehead atoms. The van der Waals surface area contributed by atoms with E-state index in [0.717, 1.165) is 22.1 Å². The Labute approximate surface area is 266 Å². The zero-order valence-electron chi connectivity index (χ0n) is 24.3. The van der Waals surface area contributed by atoms with Crippen LogP contribution in [0.2, 0.25) is 0 Å². The molecule has 0 aliphatic rings. The maximum Gasteiger partial charge on any atom is 0.146 e. The van der Waals surface area contributed by atoms with E-state index in [1.165, 1.54) is 54.1 Å². The minimum Gasteiger partial charge on any atom is -0.291 e. The molecule has 0 saturated carbocycles. The summed E-state index contributed by atoms with van der Waals surface area (Å²) in [5, 5.41) is 9.60. The van der Waals surface area contributed by atoms with Crippen molar-refractivity contribution in [3.8, 4) is 11.1 Å². The van der Waals surface area contributed by atoms with Gasteiger partial charge in [0.2, 0.25) is 0 Å². The van der Waals surface area contributed by atoms with Crippen LogP contribution in [-0.2, 0) is 11.8 Å². The predicted octanol–water partition coefficient (Wildman–Crippen LogP) is 9.37. The standard InChI is InChI=1S/C41H27N2PS/c45-44(31-12-3-1-4-13-31,32-14-5-2-6-15-32)33-25-24-28-22-23-29(26-30(28)27-33)34-18-11-19-36-35-16-7-8-17-37(35)41-42-38-20-9-10-21-39(38)43(41)40(34)36/h1-27H. The van der Waals surface area contributed by atoms with Crippen LogP contribution in [-0.4, -0.2) is 9.38 Å². The molecule has 0 fully saturated rings. The van der Waals surface area contributed by atoms with Gasteiger partial charge in [-0.05, 0) is 61.9 Å². The van der Waals surface area contributed by atoms with Crippen LogP contribution in [0.1, 0.15) is 0 Å². The summed E-state index contributed by atoms with van der Waals surface area (Å²) in [6.07, 6.45) is 0. The van der Waals surface area contributed by atoms with Crippen molar-refractivity contribution >= 4 is 82.9 Å². The predicted molar refractivity (Wildman–Crippen MR) is 197 cm³/mol. The van der Waals surface area contributed by atoms with Crippen LogP contribution in [0.5, 0.6) is 0 Å². The monoisotopic (exact) mass is 610 g/mol. The molecular formula is C41H27N2PS. The van der Waals surface area contributed by atoms with Gasteiger partial charge in [-0.1, -0.05) is 151 Å². The summed E-state index contributed by atoms with van der Waals surface area (Å²) in [5.41, 5.74) is 6.64. The third-order valence-electron chi connectivity index (χ3n) is 9.02. The highest BCUT2D eigenvalue weighted by atomic mass is 32.4. The van der Waals surface area contributed by atoms with Crippen molar-refractivity contribution in [2.75, 3.05) is 0 Å². The molecule has 0 amide bonds. The molecule has 0 N–H and O–H groups in total. The molecule has 7 aromatic carbocycles. The van der Waals surface area contributed by atoms with Crippen LogP contribution in [0, 0.1) is 0 Å². The van der Waals surface area contributed by atoms with Gasteiger partial charge in [-0.25, -0.2) is 4.98 Å². The summed E-state index contributed by atoms with van der Waals surface area (Å²) < 4.78 is 2.35. The van der Waals surface area contributed by atoms with E-state index in [9.17, 15) is 0 Å². The number of benzene rings is 7. The van der Waals surface area contributed by atoms with Gasteiger partial charge in [-0.15, -0.1) is 0 Å². The van der Waals surface area contributed by atoms with Gasteiger partial charge in [0.15, 0.2) is 0 Å². The summed E-state index contributed by atoms with van der Waals surface area (Å²) >= 11 is 6.69. The Morgan fingerprint density at radius 1 is 0.489 bits per heavy atom. The van der Waals surface area contributed by atoms with E-state index in [0.29, 0.717) is 0 Å². The number of hydrogen-bond donors (Lipinski definition) is 0. The number of aromatic nitrogens is 2. The Hall–Kier alpha value is -5.08. The molecule has 4 heteroatoms. The lowest BCUT2D eigenvalue weighted by molar-refractivity contribution is 1.31. The fraction of sp³-hybridized carbons (Fsp3) is 0. The average Bonchev–Trinajstić information content (AvgIpc) is 3.51. The van der Waals surface area contributed by atoms with Crippen LogP contribution >= 0.6 is 6.04 Å². The molecule has 0 spiro atoms. The fourth-order valence-electron chi connectivity index (χ4n) is 6.90. The Bertz CT molecular complexity index is 2580. The summed E-state index contributed by atoms with van der Waals surface area (Å²) in [7, 11) is 0. The fourth-order valence-corrected chi connectivity index (χ4v) is 10.7.